The van der Waals surface area contributed by atoms with Crippen molar-refractivity contribution in [2.24, 2.45) is 0 Å². The molecule has 0 aliphatic rings. The Morgan fingerprint density at radius 1 is 1.12 bits per heavy atom. The molecule has 0 saturated carbocycles. The molecule has 0 saturated heterocycles. The highest BCUT2D eigenvalue weighted by atomic mass is 16.5. The summed E-state index contributed by atoms with van der Waals surface area (Å²) in [6.45, 7) is 4.40. The number of hydrogen-bond acceptors (Lipinski definition) is 3. The van der Waals surface area contributed by atoms with Crippen LogP contribution in [0.3, 0.4) is 0 Å². The van der Waals surface area contributed by atoms with Crippen molar-refractivity contribution in [1.82, 2.24) is 4.98 Å². The van der Waals surface area contributed by atoms with E-state index < -0.39 is 0 Å². The summed E-state index contributed by atoms with van der Waals surface area (Å²) >= 11 is 0. The van der Waals surface area contributed by atoms with Gasteiger partial charge in [0.05, 0.1) is 23.4 Å². The number of nitrogens with one attached hydrogen (secondary N) is 1. The fourth-order valence-electron chi connectivity index (χ4n) is 2.73. The number of fused-ring (bicyclic) bond motifs is 1. The lowest BCUT2D eigenvalue weighted by molar-refractivity contribution is 0.102. The van der Waals surface area contributed by atoms with E-state index in [1.807, 2.05) is 62.4 Å². The summed E-state index contributed by atoms with van der Waals surface area (Å²) in [6.07, 6.45) is 0. The Kier molecular flexibility index (Phi) is 4.58. The number of aryl methyl sites for hydroxylation is 2. The molecule has 2 aromatic carbocycles. The third kappa shape index (κ3) is 3.44. The van der Waals surface area contributed by atoms with Crippen molar-refractivity contribution in [3.05, 3.63) is 70.9 Å². The number of ether oxygens (including phenoxy) is 1. The normalized spacial score (nSPS) is 10.8. The summed E-state index contributed by atoms with van der Waals surface area (Å²) in [5.41, 5.74) is 5.11. The molecule has 0 bridgehead atoms. The molecule has 4 nitrogen and oxygen atoms in total. The molecule has 0 radical (unpaired) electrons. The molecular formula is C20H20N2O2. The van der Waals surface area contributed by atoms with E-state index in [4.69, 9.17) is 4.74 Å². The highest BCUT2D eigenvalue weighted by Crippen LogP contribution is 2.20. The van der Waals surface area contributed by atoms with Crippen LogP contribution in [-0.4, -0.2) is 18.0 Å². The highest BCUT2D eigenvalue weighted by molar-refractivity contribution is 6.06. The molecular weight excluding hydrogens is 300 g/mol. The average Bonchev–Trinajstić information content (AvgIpc) is 2.55. The first-order valence-electron chi connectivity index (χ1n) is 7.84. The zero-order chi connectivity index (χ0) is 17.1. The molecule has 3 aromatic rings. The second-order valence-electron chi connectivity index (χ2n) is 5.91. The van der Waals surface area contributed by atoms with Gasteiger partial charge in [-0.05, 0) is 49.7 Å². The number of carbonyl (C=O) groups is 1. The number of pyridine rings is 1. The Labute approximate surface area is 141 Å². The van der Waals surface area contributed by atoms with Crippen molar-refractivity contribution in [1.29, 1.82) is 0 Å². The van der Waals surface area contributed by atoms with Gasteiger partial charge >= 0.3 is 0 Å². The van der Waals surface area contributed by atoms with Crippen LogP contribution >= 0.6 is 0 Å². The van der Waals surface area contributed by atoms with Crippen molar-refractivity contribution >= 4 is 22.5 Å². The van der Waals surface area contributed by atoms with Gasteiger partial charge in [-0.3, -0.25) is 9.78 Å². The van der Waals surface area contributed by atoms with Crippen LogP contribution in [0, 0.1) is 13.8 Å². The maximum Gasteiger partial charge on any atom is 0.257 e. The Hall–Kier alpha value is -2.72. The average molecular weight is 320 g/mol. The van der Waals surface area contributed by atoms with Crippen LogP contribution in [0.2, 0.25) is 0 Å². The van der Waals surface area contributed by atoms with E-state index in [0.717, 1.165) is 33.4 Å². The largest absolute Gasteiger partial charge is 0.380 e. The van der Waals surface area contributed by atoms with Crippen LogP contribution in [-0.2, 0) is 11.3 Å². The van der Waals surface area contributed by atoms with Crippen LogP contribution in [0.4, 0.5) is 5.69 Å². The molecule has 0 aliphatic heterocycles. The number of nitrogens with zero attached hydrogens (tertiary/aromatic N) is 1. The molecule has 0 spiro atoms. The molecule has 1 N–H and O–H groups in total. The molecule has 0 atom stereocenters. The lowest BCUT2D eigenvalue weighted by Crippen LogP contribution is -2.14. The first-order valence-corrected chi connectivity index (χ1v) is 7.84. The van der Waals surface area contributed by atoms with Gasteiger partial charge in [0.2, 0.25) is 0 Å². The molecule has 24 heavy (non-hydrogen) atoms. The third-order valence-corrected chi connectivity index (χ3v) is 3.90. The fraction of sp³-hybridized carbons (Fsp3) is 0.200. The highest BCUT2D eigenvalue weighted by Gasteiger charge is 2.12. The molecule has 0 aliphatic carbocycles. The number of rotatable bonds is 4. The number of anilines is 1. The monoisotopic (exact) mass is 320 g/mol. The number of amides is 1. The van der Waals surface area contributed by atoms with Crippen molar-refractivity contribution < 1.29 is 9.53 Å². The van der Waals surface area contributed by atoms with E-state index in [-0.39, 0.29) is 5.91 Å². The summed E-state index contributed by atoms with van der Waals surface area (Å²) in [4.78, 5) is 17.2. The minimum atomic E-state index is -0.155. The standard InChI is InChI=1S/C20H20N2O2/c1-13-7-8-19-16(9-13)11-18(14(2)21-19)20(23)22-17-6-4-5-15(10-17)12-24-3/h4-11H,12H2,1-3H3,(H,22,23). The van der Waals surface area contributed by atoms with Gasteiger partial charge in [0.1, 0.15) is 0 Å². The number of methoxy groups -OCH3 is 1. The first kappa shape index (κ1) is 16.1. The molecule has 1 heterocycles. The fourth-order valence-corrected chi connectivity index (χ4v) is 2.73. The molecule has 0 fully saturated rings. The van der Waals surface area contributed by atoms with Gasteiger partial charge in [0.25, 0.3) is 5.91 Å². The Morgan fingerprint density at radius 3 is 2.75 bits per heavy atom. The van der Waals surface area contributed by atoms with Crippen molar-refractivity contribution in [3.8, 4) is 0 Å². The van der Waals surface area contributed by atoms with Gasteiger partial charge in [0.15, 0.2) is 0 Å². The van der Waals surface area contributed by atoms with E-state index in [9.17, 15) is 4.79 Å². The zero-order valence-electron chi connectivity index (χ0n) is 14.1. The Bertz CT molecular complexity index is 903. The van der Waals surface area contributed by atoms with E-state index in [1.54, 1.807) is 7.11 Å². The molecule has 4 heteroatoms. The summed E-state index contributed by atoms with van der Waals surface area (Å²) < 4.78 is 5.13. The SMILES string of the molecule is COCc1cccc(NC(=O)c2cc3cc(C)ccc3nc2C)c1. The van der Waals surface area contributed by atoms with Crippen LogP contribution in [0.25, 0.3) is 10.9 Å². The van der Waals surface area contributed by atoms with Crippen LogP contribution in [0.15, 0.2) is 48.5 Å². The number of aromatic nitrogens is 1. The summed E-state index contributed by atoms with van der Waals surface area (Å²) in [7, 11) is 1.65. The van der Waals surface area contributed by atoms with Gasteiger partial charge in [-0.1, -0.05) is 23.8 Å². The van der Waals surface area contributed by atoms with Crippen LogP contribution in [0.1, 0.15) is 27.2 Å². The topological polar surface area (TPSA) is 51.2 Å². The van der Waals surface area contributed by atoms with Crippen LogP contribution < -0.4 is 5.32 Å². The van der Waals surface area contributed by atoms with Crippen molar-refractivity contribution in [2.75, 3.05) is 12.4 Å². The lowest BCUT2D eigenvalue weighted by Gasteiger charge is -2.10. The van der Waals surface area contributed by atoms with E-state index in [2.05, 4.69) is 10.3 Å². The predicted octanol–water partition coefficient (Wildman–Crippen LogP) is 4.25. The molecule has 1 aromatic heterocycles. The van der Waals surface area contributed by atoms with Gasteiger partial charge in [0, 0.05) is 18.2 Å². The number of hydrogen-bond donors (Lipinski definition) is 1. The van der Waals surface area contributed by atoms with Gasteiger partial charge < -0.3 is 10.1 Å². The quantitative estimate of drug-likeness (QED) is 0.782. The second-order valence-corrected chi connectivity index (χ2v) is 5.91. The van der Waals surface area contributed by atoms with Gasteiger partial charge in [-0.15, -0.1) is 0 Å². The molecule has 0 unspecified atom stereocenters. The predicted molar refractivity (Wildman–Crippen MR) is 96.3 cm³/mol. The molecule has 3 rings (SSSR count). The number of benzene rings is 2. The van der Waals surface area contributed by atoms with Crippen LogP contribution in [0.5, 0.6) is 0 Å². The Balaban J connectivity index is 1.90. The minimum absolute atomic E-state index is 0.155. The Morgan fingerprint density at radius 2 is 1.96 bits per heavy atom. The summed E-state index contributed by atoms with van der Waals surface area (Å²) in [5, 5.41) is 3.91. The van der Waals surface area contributed by atoms with E-state index in [1.165, 1.54) is 0 Å². The van der Waals surface area contributed by atoms with E-state index >= 15 is 0 Å². The third-order valence-electron chi connectivity index (χ3n) is 3.90. The zero-order valence-corrected chi connectivity index (χ0v) is 14.1. The maximum absolute atomic E-state index is 12.7. The van der Waals surface area contributed by atoms with Gasteiger partial charge in [-0.25, -0.2) is 0 Å². The first-order chi connectivity index (χ1) is 11.6. The smallest absolute Gasteiger partial charge is 0.257 e. The van der Waals surface area contributed by atoms with Crippen molar-refractivity contribution in [2.45, 2.75) is 20.5 Å². The van der Waals surface area contributed by atoms with Gasteiger partial charge in [-0.2, -0.15) is 0 Å². The summed E-state index contributed by atoms with van der Waals surface area (Å²) in [6, 6.07) is 15.6. The molecule has 1 amide bonds. The number of carbonyl (C=O) groups excluding carboxylic acids is 1. The molecule has 122 valence electrons. The minimum Gasteiger partial charge on any atom is -0.380 e. The maximum atomic E-state index is 12.7. The lowest BCUT2D eigenvalue weighted by atomic mass is 10.1. The summed E-state index contributed by atoms with van der Waals surface area (Å²) in [5.74, 6) is -0.155. The van der Waals surface area contributed by atoms with Crippen molar-refractivity contribution in [3.63, 3.8) is 0 Å². The second kappa shape index (κ2) is 6.81. The van der Waals surface area contributed by atoms with E-state index in [0.29, 0.717) is 12.2 Å².